The minimum Gasteiger partial charge on any atom is -0.382 e. The standard InChI is InChI=1S/C17H21ClN4O3/c1-21-6-8-22(9-7-21)16(23)11-19-17(24)15-10-14(20-25-15)12-2-4-13(18)5-3-12/h2-5,15H,6-11H2,1H3,(H,19,24)/p+1/t15-/m0/s1. The van der Waals surface area contributed by atoms with Crippen molar-refractivity contribution in [3.63, 3.8) is 0 Å². The van der Waals surface area contributed by atoms with Crippen molar-refractivity contribution < 1.29 is 19.3 Å². The summed E-state index contributed by atoms with van der Waals surface area (Å²) in [6, 6.07) is 7.21. The molecule has 2 aliphatic rings. The van der Waals surface area contributed by atoms with Crippen LogP contribution in [-0.4, -0.2) is 68.3 Å². The van der Waals surface area contributed by atoms with Gasteiger partial charge in [-0.3, -0.25) is 9.59 Å². The number of oxime groups is 1. The van der Waals surface area contributed by atoms with Gasteiger partial charge in [0.25, 0.3) is 5.91 Å². The molecule has 3 rings (SSSR count). The van der Waals surface area contributed by atoms with E-state index in [1.807, 2.05) is 12.1 Å². The summed E-state index contributed by atoms with van der Waals surface area (Å²) < 4.78 is 0. The van der Waals surface area contributed by atoms with Gasteiger partial charge in [-0.2, -0.15) is 0 Å². The highest BCUT2D eigenvalue weighted by Gasteiger charge is 2.30. The fourth-order valence-corrected chi connectivity index (χ4v) is 2.98. The van der Waals surface area contributed by atoms with Crippen LogP contribution in [0.3, 0.4) is 0 Å². The quantitative estimate of drug-likeness (QED) is 0.741. The minimum atomic E-state index is -0.699. The van der Waals surface area contributed by atoms with Crippen LogP contribution in [0.2, 0.25) is 5.02 Å². The van der Waals surface area contributed by atoms with Crippen LogP contribution in [0.25, 0.3) is 0 Å². The van der Waals surface area contributed by atoms with E-state index in [1.54, 1.807) is 17.0 Å². The van der Waals surface area contributed by atoms with Crippen LogP contribution in [0.4, 0.5) is 0 Å². The number of hydrogen-bond donors (Lipinski definition) is 2. The second-order valence-corrected chi connectivity index (χ2v) is 6.84. The minimum absolute atomic E-state index is 0.00593. The number of carbonyl (C=O) groups is 2. The molecule has 7 nitrogen and oxygen atoms in total. The molecule has 1 saturated heterocycles. The number of benzene rings is 1. The topological polar surface area (TPSA) is 75.4 Å². The Labute approximate surface area is 151 Å². The van der Waals surface area contributed by atoms with Crippen molar-refractivity contribution in [2.45, 2.75) is 12.5 Å². The number of piperazine rings is 1. The predicted octanol–water partition coefficient (Wildman–Crippen LogP) is -0.694. The number of rotatable bonds is 4. The number of halogens is 1. The number of amides is 2. The molecule has 0 unspecified atom stereocenters. The first kappa shape index (κ1) is 17.7. The van der Waals surface area contributed by atoms with Gasteiger partial charge in [0.05, 0.1) is 45.5 Å². The Morgan fingerprint density at radius 3 is 2.68 bits per heavy atom. The lowest BCUT2D eigenvalue weighted by Crippen LogP contribution is -3.12. The zero-order chi connectivity index (χ0) is 17.8. The van der Waals surface area contributed by atoms with Gasteiger partial charge in [-0.05, 0) is 17.7 Å². The molecule has 2 aliphatic heterocycles. The lowest BCUT2D eigenvalue weighted by molar-refractivity contribution is -0.883. The van der Waals surface area contributed by atoms with Crippen LogP contribution in [0.1, 0.15) is 12.0 Å². The van der Waals surface area contributed by atoms with Crippen LogP contribution in [0, 0.1) is 0 Å². The van der Waals surface area contributed by atoms with E-state index in [1.165, 1.54) is 4.90 Å². The van der Waals surface area contributed by atoms with Crippen molar-refractivity contribution >= 4 is 29.1 Å². The number of hydrogen-bond acceptors (Lipinski definition) is 4. The van der Waals surface area contributed by atoms with E-state index in [9.17, 15) is 9.59 Å². The highest BCUT2D eigenvalue weighted by Crippen LogP contribution is 2.18. The van der Waals surface area contributed by atoms with Gasteiger partial charge in [-0.1, -0.05) is 28.9 Å². The van der Waals surface area contributed by atoms with E-state index < -0.39 is 6.10 Å². The number of nitrogens with one attached hydrogen (secondary N) is 2. The Bertz CT molecular complexity index is 669. The van der Waals surface area contributed by atoms with E-state index in [0.29, 0.717) is 17.2 Å². The molecular formula is C17H22ClN4O3+. The summed E-state index contributed by atoms with van der Waals surface area (Å²) in [6.07, 6.45) is -0.324. The van der Waals surface area contributed by atoms with Crippen molar-refractivity contribution in [3.8, 4) is 0 Å². The lowest BCUT2D eigenvalue weighted by Gasteiger charge is -2.30. The van der Waals surface area contributed by atoms with Crippen LogP contribution < -0.4 is 10.2 Å². The summed E-state index contributed by atoms with van der Waals surface area (Å²) in [5.74, 6) is -0.376. The van der Waals surface area contributed by atoms with Crippen molar-refractivity contribution in [3.05, 3.63) is 34.9 Å². The number of quaternary nitrogens is 1. The van der Waals surface area contributed by atoms with Gasteiger partial charge in [-0.25, -0.2) is 0 Å². The normalized spacial score (nSPS) is 20.8. The molecule has 0 radical (unpaired) electrons. The van der Waals surface area contributed by atoms with E-state index in [2.05, 4.69) is 17.5 Å². The Balaban J connectivity index is 1.45. The van der Waals surface area contributed by atoms with Crippen LogP contribution in [0.15, 0.2) is 29.4 Å². The molecule has 2 N–H and O–H groups in total. The van der Waals surface area contributed by atoms with Gasteiger partial charge in [0, 0.05) is 11.4 Å². The third-order valence-electron chi connectivity index (χ3n) is 4.52. The molecule has 1 fully saturated rings. The smallest absolute Gasteiger partial charge is 0.264 e. The summed E-state index contributed by atoms with van der Waals surface area (Å²) >= 11 is 5.87. The van der Waals surface area contributed by atoms with E-state index in [4.69, 9.17) is 16.4 Å². The molecule has 0 saturated carbocycles. The first-order valence-corrected chi connectivity index (χ1v) is 8.76. The Morgan fingerprint density at radius 1 is 1.32 bits per heavy atom. The summed E-state index contributed by atoms with van der Waals surface area (Å²) in [7, 11) is 2.11. The van der Waals surface area contributed by atoms with Crippen LogP contribution >= 0.6 is 11.6 Å². The lowest BCUT2D eigenvalue weighted by atomic mass is 10.0. The predicted molar refractivity (Wildman–Crippen MR) is 93.7 cm³/mol. The maximum atomic E-state index is 12.2. The number of carbonyl (C=O) groups excluding carboxylic acids is 2. The van der Waals surface area contributed by atoms with Gasteiger partial charge in [0.15, 0.2) is 0 Å². The fraction of sp³-hybridized carbons (Fsp3) is 0.471. The van der Waals surface area contributed by atoms with Gasteiger partial charge in [-0.15, -0.1) is 0 Å². The highest BCUT2D eigenvalue weighted by atomic mass is 35.5. The van der Waals surface area contributed by atoms with Crippen molar-refractivity contribution in [2.24, 2.45) is 5.16 Å². The Morgan fingerprint density at radius 2 is 2.00 bits per heavy atom. The average molecular weight is 366 g/mol. The molecule has 0 bridgehead atoms. The fourth-order valence-electron chi connectivity index (χ4n) is 2.86. The largest absolute Gasteiger partial charge is 0.382 e. The SMILES string of the molecule is C[NH+]1CCN(C(=O)CNC(=O)[C@@H]2CC(c3ccc(Cl)cc3)=NO2)CC1. The van der Waals surface area contributed by atoms with Gasteiger partial charge < -0.3 is 20.0 Å². The van der Waals surface area contributed by atoms with Crippen LogP contribution in [0.5, 0.6) is 0 Å². The van der Waals surface area contributed by atoms with E-state index >= 15 is 0 Å². The third-order valence-corrected chi connectivity index (χ3v) is 4.77. The highest BCUT2D eigenvalue weighted by molar-refractivity contribution is 6.30. The Hall–Kier alpha value is -2.12. The van der Waals surface area contributed by atoms with Crippen molar-refractivity contribution in [1.82, 2.24) is 10.2 Å². The molecule has 8 heteroatoms. The average Bonchev–Trinajstić information content (AvgIpc) is 3.11. The number of nitrogens with zero attached hydrogens (tertiary/aromatic N) is 2. The summed E-state index contributed by atoms with van der Waals surface area (Å²) in [4.78, 5) is 32.8. The number of likely N-dealkylation sites (N-methyl/N-ethyl adjacent to an activating group) is 1. The van der Waals surface area contributed by atoms with Gasteiger partial charge in [0.1, 0.15) is 0 Å². The molecule has 25 heavy (non-hydrogen) atoms. The molecule has 1 aromatic rings. The molecule has 0 spiro atoms. The van der Waals surface area contributed by atoms with Gasteiger partial charge >= 0.3 is 0 Å². The van der Waals surface area contributed by atoms with Gasteiger partial charge in [0.2, 0.25) is 12.0 Å². The van der Waals surface area contributed by atoms with E-state index in [-0.39, 0.29) is 18.4 Å². The van der Waals surface area contributed by atoms with Crippen molar-refractivity contribution in [2.75, 3.05) is 39.8 Å². The summed E-state index contributed by atoms with van der Waals surface area (Å²) in [6.45, 7) is 3.32. The van der Waals surface area contributed by atoms with Crippen molar-refractivity contribution in [1.29, 1.82) is 0 Å². The Kier molecular flexibility index (Phi) is 5.55. The molecule has 0 aromatic heterocycles. The molecule has 1 atom stereocenters. The monoisotopic (exact) mass is 365 g/mol. The zero-order valence-corrected chi connectivity index (χ0v) is 14.9. The first-order valence-electron chi connectivity index (χ1n) is 8.38. The molecule has 1 aromatic carbocycles. The molecular weight excluding hydrogens is 344 g/mol. The zero-order valence-electron chi connectivity index (χ0n) is 14.1. The second-order valence-electron chi connectivity index (χ2n) is 6.40. The van der Waals surface area contributed by atoms with Crippen LogP contribution in [-0.2, 0) is 14.4 Å². The second kappa shape index (κ2) is 7.84. The van der Waals surface area contributed by atoms with E-state index in [0.717, 1.165) is 31.7 Å². The molecule has 134 valence electrons. The molecule has 0 aliphatic carbocycles. The molecule has 2 heterocycles. The first-order chi connectivity index (χ1) is 12.0. The third kappa shape index (κ3) is 4.49. The summed E-state index contributed by atoms with van der Waals surface area (Å²) in [5, 5.41) is 7.28. The maximum Gasteiger partial charge on any atom is 0.264 e. The molecule has 2 amide bonds. The maximum absolute atomic E-state index is 12.2. The summed E-state index contributed by atoms with van der Waals surface area (Å²) in [5.41, 5.74) is 1.57.